The number of nitrogens with zero attached hydrogens (tertiary/aromatic N) is 1. The Kier molecular flexibility index (Phi) is 8.55. The van der Waals surface area contributed by atoms with Crippen molar-refractivity contribution in [3.05, 3.63) is 0 Å². The lowest BCUT2D eigenvalue weighted by Crippen LogP contribution is -2.48. The summed E-state index contributed by atoms with van der Waals surface area (Å²) in [7, 11) is 0. The van der Waals surface area contributed by atoms with Crippen LogP contribution in [0.25, 0.3) is 0 Å². The van der Waals surface area contributed by atoms with Crippen molar-refractivity contribution in [3.63, 3.8) is 0 Å². The van der Waals surface area contributed by atoms with Gasteiger partial charge >= 0.3 is 0 Å². The second kappa shape index (κ2) is 9.65. The van der Waals surface area contributed by atoms with Gasteiger partial charge in [0.25, 0.3) is 0 Å². The first kappa shape index (κ1) is 16.8. The predicted octanol–water partition coefficient (Wildman–Crippen LogP) is 2.90. The summed E-state index contributed by atoms with van der Waals surface area (Å²) in [6.45, 7) is 8.28. The van der Waals surface area contributed by atoms with E-state index in [4.69, 9.17) is 0 Å². The molecule has 1 aliphatic rings. The zero-order valence-corrected chi connectivity index (χ0v) is 13.6. The first-order valence-corrected chi connectivity index (χ1v) is 8.93. The number of carbonyl (C=O) groups excluding carboxylic acids is 1. The number of nitrogens with one attached hydrogen (secondary N) is 1. The summed E-state index contributed by atoms with van der Waals surface area (Å²) in [5.41, 5.74) is 0. The molecule has 1 aliphatic heterocycles. The van der Waals surface area contributed by atoms with E-state index in [1.807, 2.05) is 18.7 Å². The van der Waals surface area contributed by atoms with Crippen LogP contribution >= 0.6 is 11.8 Å². The molecule has 3 nitrogen and oxygen atoms in total. The molecule has 0 spiro atoms. The van der Waals surface area contributed by atoms with E-state index in [9.17, 15) is 4.79 Å². The molecular formula is C15H30N2OS. The van der Waals surface area contributed by atoms with Gasteiger partial charge in [-0.1, -0.05) is 19.8 Å². The molecule has 0 bridgehead atoms. The third kappa shape index (κ3) is 6.66. The minimum atomic E-state index is -0.0419. The Labute approximate surface area is 122 Å². The molecule has 1 saturated heterocycles. The molecule has 1 fully saturated rings. The highest BCUT2D eigenvalue weighted by Crippen LogP contribution is 2.11. The molecule has 1 heterocycles. The summed E-state index contributed by atoms with van der Waals surface area (Å²) >= 11 is 1.97. The number of carbonyl (C=O) groups is 1. The first-order valence-electron chi connectivity index (χ1n) is 7.77. The molecule has 2 unspecified atom stereocenters. The highest BCUT2D eigenvalue weighted by Gasteiger charge is 2.22. The van der Waals surface area contributed by atoms with Gasteiger partial charge < -0.3 is 10.2 Å². The zero-order valence-electron chi connectivity index (χ0n) is 12.8. The van der Waals surface area contributed by atoms with E-state index in [-0.39, 0.29) is 11.9 Å². The average Bonchev–Trinajstić information content (AvgIpc) is 2.66. The van der Waals surface area contributed by atoms with Crippen molar-refractivity contribution in [1.29, 1.82) is 0 Å². The molecule has 2 atom stereocenters. The van der Waals surface area contributed by atoms with Gasteiger partial charge in [-0.25, -0.2) is 0 Å². The monoisotopic (exact) mass is 286 g/mol. The van der Waals surface area contributed by atoms with Crippen molar-refractivity contribution < 1.29 is 4.79 Å². The fourth-order valence-electron chi connectivity index (χ4n) is 2.55. The van der Waals surface area contributed by atoms with Crippen LogP contribution in [0.3, 0.4) is 0 Å². The van der Waals surface area contributed by atoms with E-state index in [1.54, 1.807) is 0 Å². The third-order valence-electron chi connectivity index (χ3n) is 3.72. The van der Waals surface area contributed by atoms with E-state index in [0.29, 0.717) is 6.04 Å². The second-order valence-corrected chi connectivity index (χ2v) is 6.91. The number of amides is 1. The molecule has 1 rings (SSSR count). The lowest BCUT2D eigenvalue weighted by Gasteiger charge is -2.26. The van der Waals surface area contributed by atoms with E-state index in [0.717, 1.165) is 19.5 Å². The van der Waals surface area contributed by atoms with Crippen molar-refractivity contribution in [2.45, 2.75) is 65.0 Å². The molecule has 0 aliphatic carbocycles. The normalized spacial score (nSPS) is 19.8. The van der Waals surface area contributed by atoms with Crippen LogP contribution in [-0.2, 0) is 4.79 Å². The van der Waals surface area contributed by atoms with Crippen LogP contribution in [0.4, 0.5) is 0 Å². The molecule has 19 heavy (non-hydrogen) atoms. The fraction of sp³-hybridized carbons (Fsp3) is 0.933. The Morgan fingerprint density at radius 2 is 1.84 bits per heavy atom. The summed E-state index contributed by atoms with van der Waals surface area (Å²) in [6.07, 6.45) is 6.02. The number of likely N-dealkylation sites (tertiary alicyclic amines) is 1. The van der Waals surface area contributed by atoms with Crippen LogP contribution < -0.4 is 5.32 Å². The number of hydrogen-bond donors (Lipinski definition) is 1. The van der Waals surface area contributed by atoms with Gasteiger partial charge in [-0.15, -0.1) is 0 Å². The maximum absolute atomic E-state index is 12.4. The van der Waals surface area contributed by atoms with Crippen molar-refractivity contribution >= 4 is 17.7 Å². The first-order chi connectivity index (χ1) is 9.15. The van der Waals surface area contributed by atoms with Gasteiger partial charge in [-0.2, -0.15) is 11.8 Å². The van der Waals surface area contributed by atoms with Gasteiger partial charge in [0.1, 0.15) is 0 Å². The topological polar surface area (TPSA) is 32.3 Å². The molecule has 0 aromatic heterocycles. The minimum absolute atomic E-state index is 0.0419. The van der Waals surface area contributed by atoms with Crippen molar-refractivity contribution in [2.24, 2.45) is 0 Å². The molecule has 1 amide bonds. The Bertz CT molecular complexity index is 253. The van der Waals surface area contributed by atoms with Gasteiger partial charge in [-0.3, -0.25) is 4.79 Å². The number of thioether (sulfide) groups is 1. The van der Waals surface area contributed by atoms with Crippen LogP contribution in [0.2, 0.25) is 0 Å². The van der Waals surface area contributed by atoms with Crippen LogP contribution in [0, 0.1) is 0 Å². The van der Waals surface area contributed by atoms with Crippen LogP contribution in [0.15, 0.2) is 0 Å². The Morgan fingerprint density at radius 3 is 2.42 bits per heavy atom. The summed E-state index contributed by atoms with van der Waals surface area (Å²) in [4.78, 5) is 14.4. The highest BCUT2D eigenvalue weighted by atomic mass is 32.2. The summed E-state index contributed by atoms with van der Waals surface area (Å²) in [6, 6.07) is 0.379. The molecular weight excluding hydrogens is 256 g/mol. The van der Waals surface area contributed by atoms with Crippen molar-refractivity contribution in [3.8, 4) is 0 Å². The van der Waals surface area contributed by atoms with Gasteiger partial charge in [-0.05, 0) is 44.6 Å². The van der Waals surface area contributed by atoms with E-state index in [2.05, 4.69) is 24.1 Å². The largest absolute Gasteiger partial charge is 0.341 e. The SMILES string of the molecule is CCSCCC(C)NC(C)C(=O)N1CCCCCC1. The molecule has 0 saturated carbocycles. The van der Waals surface area contributed by atoms with Gasteiger partial charge in [0, 0.05) is 19.1 Å². The van der Waals surface area contributed by atoms with E-state index in [1.165, 1.54) is 37.2 Å². The lowest BCUT2D eigenvalue weighted by molar-refractivity contribution is -0.133. The molecule has 4 heteroatoms. The Balaban J connectivity index is 2.30. The van der Waals surface area contributed by atoms with Crippen LogP contribution in [-0.4, -0.2) is 47.5 Å². The lowest BCUT2D eigenvalue weighted by atomic mass is 10.2. The summed E-state index contributed by atoms with van der Waals surface area (Å²) in [5, 5.41) is 3.45. The molecule has 0 aromatic rings. The van der Waals surface area contributed by atoms with Crippen LogP contribution in [0.1, 0.15) is 52.9 Å². The van der Waals surface area contributed by atoms with Crippen LogP contribution in [0.5, 0.6) is 0 Å². The maximum Gasteiger partial charge on any atom is 0.239 e. The van der Waals surface area contributed by atoms with Gasteiger partial charge in [0.2, 0.25) is 5.91 Å². The van der Waals surface area contributed by atoms with E-state index >= 15 is 0 Å². The van der Waals surface area contributed by atoms with Crippen molar-refractivity contribution in [2.75, 3.05) is 24.6 Å². The van der Waals surface area contributed by atoms with Crippen molar-refractivity contribution in [1.82, 2.24) is 10.2 Å². The third-order valence-corrected chi connectivity index (χ3v) is 4.65. The fourth-order valence-corrected chi connectivity index (χ4v) is 3.36. The van der Waals surface area contributed by atoms with Gasteiger partial charge in [0.15, 0.2) is 0 Å². The molecule has 112 valence electrons. The smallest absolute Gasteiger partial charge is 0.239 e. The Morgan fingerprint density at radius 1 is 1.21 bits per heavy atom. The maximum atomic E-state index is 12.4. The van der Waals surface area contributed by atoms with Gasteiger partial charge in [0.05, 0.1) is 6.04 Å². The predicted molar refractivity (Wildman–Crippen MR) is 84.7 cm³/mol. The molecule has 1 N–H and O–H groups in total. The summed E-state index contributed by atoms with van der Waals surface area (Å²) in [5.74, 6) is 2.64. The standard InChI is InChI=1S/C15H30N2OS/c1-4-19-12-9-13(2)16-14(3)15(18)17-10-7-5-6-8-11-17/h13-14,16H,4-12H2,1-3H3. The zero-order chi connectivity index (χ0) is 14.1. The quantitative estimate of drug-likeness (QED) is 0.730. The number of hydrogen-bond acceptors (Lipinski definition) is 3. The minimum Gasteiger partial charge on any atom is -0.341 e. The molecule has 0 radical (unpaired) electrons. The summed E-state index contributed by atoms with van der Waals surface area (Å²) < 4.78 is 0. The highest BCUT2D eigenvalue weighted by molar-refractivity contribution is 7.99. The average molecular weight is 286 g/mol. The van der Waals surface area contributed by atoms with E-state index < -0.39 is 0 Å². The number of rotatable bonds is 7. The Hall–Kier alpha value is -0.220. The second-order valence-electron chi connectivity index (χ2n) is 5.51. The molecule has 0 aromatic carbocycles.